The van der Waals surface area contributed by atoms with Gasteiger partial charge < -0.3 is 5.32 Å². The van der Waals surface area contributed by atoms with Crippen LogP contribution in [0.3, 0.4) is 0 Å². The van der Waals surface area contributed by atoms with Gasteiger partial charge in [-0.1, -0.05) is 6.92 Å². The number of amides is 1. The van der Waals surface area contributed by atoms with Gasteiger partial charge in [-0.25, -0.2) is 13.1 Å². The quantitative estimate of drug-likeness (QED) is 0.679. The Morgan fingerprint density at radius 3 is 2.47 bits per heavy atom. The molecular weight excluding hydrogens is 400 g/mol. The Morgan fingerprint density at radius 1 is 1.10 bits per heavy atom. The van der Waals surface area contributed by atoms with E-state index in [1.165, 1.54) is 0 Å². The lowest BCUT2D eigenvalue weighted by molar-refractivity contribution is 0.102. The third kappa shape index (κ3) is 4.29. The molecule has 7 nitrogen and oxygen atoms in total. The number of nitrogens with zero attached hydrogens (tertiary/aromatic N) is 3. The Labute approximate surface area is 176 Å². The van der Waals surface area contributed by atoms with Gasteiger partial charge in [0.25, 0.3) is 5.91 Å². The van der Waals surface area contributed by atoms with Crippen molar-refractivity contribution >= 4 is 21.6 Å². The summed E-state index contributed by atoms with van der Waals surface area (Å²) in [6.07, 6.45) is 5.46. The second-order valence-corrected chi connectivity index (χ2v) is 9.52. The SMILES string of the molecule is CC1CCCN(S(=O)(=O)c2ccc(NC(=O)c3ccc(-n4cccn4)cc3)cc2)C1. The molecule has 3 aromatic rings. The molecule has 1 amide bonds. The Kier molecular flexibility index (Phi) is 5.69. The lowest BCUT2D eigenvalue weighted by Gasteiger charge is -2.30. The molecule has 0 radical (unpaired) electrons. The van der Waals surface area contributed by atoms with Crippen LogP contribution in [0.1, 0.15) is 30.1 Å². The molecule has 2 heterocycles. The molecule has 1 aromatic heterocycles. The van der Waals surface area contributed by atoms with E-state index in [2.05, 4.69) is 17.3 Å². The number of rotatable bonds is 5. The van der Waals surface area contributed by atoms with Crippen LogP contribution in [-0.4, -0.2) is 41.5 Å². The lowest BCUT2D eigenvalue weighted by atomic mass is 10.0. The van der Waals surface area contributed by atoms with E-state index in [1.54, 1.807) is 51.6 Å². The molecule has 0 aliphatic carbocycles. The Hall–Kier alpha value is -2.97. The molecule has 2 aromatic carbocycles. The van der Waals surface area contributed by atoms with Crippen molar-refractivity contribution in [1.29, 1.82) is 0 Å². The van der Waals surface area contributed by atoms with Crippen molar-refractivity contribution in [2.75, 3.05) is 18.4 Å². The fraction of sp³-hybridized carbons (Fsp3) is 0.273. The number of benzene rings is 2. The molecule has 156 valence electrons. The molecule has 1 saturated heterocycles. The topological polar surface area (TPSA) is 84.3 Å². The number of nitrogens with one attached hydrogen (secondary N) is 1. The lowest BCUT2D eigenvalue weighted by Crippen LogP contribution is -2.39. The molecule has 30 heavy (non-hydrogen) atoms. The van der Waals surface area contributed by atoms with Crippen LogP contribution < -0.4 is 5.32 Å². The van der Waals surface area contributed by atoms with E-state index >= 15 is 0 Å². The van der Waals surface area contributed by atoms with Gasteiger partial charge in [-0.2, -0.15) is 9.40 Å². The average molecular weight is 425 g/mol. The van der Waals surface area contributed by atoms with E-state index in [0.29, 0.717) is 30.3 Å². The third-order valence-electron chi connectivity index (χ3n) is 5.27. The zero-order valence-electron chi connectivity index (χ0n) is 16.7. The van der Waals surface area contributed by atoms with Crippen molar-refractivity contribution in [2.45, 2.75) is 24.7 Å². The molecule has 1 fully saturated rings. The largest absolute Gasteiger partial charge is 0.322 e. The number of piperidine rings is 1. The van der Waals surface area contributed by atoms with Crippen molar-refractivity contribution in [3.8, 4) is 5.69 Å². The zero-order chi connectivity index (χ0) is 21.1. The summed E-state index contributed by atoms with van der Waals surface area (Å²) in [7, 11) is -3.51. The number of carbonyl (C=O) groups is 1. The maximum absolute atomic E-state index is 12.8. The van der Waals surface area contributed by atoms with Gasteiger partial charge in [-0.05, 0) is 73.4 Å². The van der Waals surface area contributed by atoms with Crippen molar-refractivity contribution in [3.63, 3.8) is 0 Å². The summed E-state index contributed by atoms with van der Waals surface area (Å²) >= 11 is 0. The first-order valence-corrected chi connectivity index (χ1v) is 11.4. The summed E-state index contributed by atoms with van der Waals surface area (Å²) in [5.41, 5.74) is 1.91. The second kappa shape index (κ2) is 8.41. The molecule has 1 N–H and O–H groups in total. The highest BCUT2D eigenvalue weighted by atomic mass is 32.2. The monoisotopic (exact) mass is 424 g/mol. The van der Waals surface area contributed by atoms with Gasteiger partial charge >= 0.3 is 0 Å². The summed E-state index contributed by atoms with van der Waals surface area (Å²) in [5, 5.41) is 6.97. The molecule has 1 aliphatic heterocycles. The summed E-state index contributed by atoms with van der Waals surface area (Å²) in [5.74, 6) is 0.106. The van der Waals surface area contributed by atoms with Gasteiger partial charge in [0.2, 0.25) is 10.0 Å². The molecule has 0 spiro atoms. The molecule has 8 heteroatoms. The minimum absolute atomic E-state index is 0.248. The van der Waals surface area contributed by atoms with E-state index < -0.39 is 10.0 Å². The van der Waals surface area contributed by atoms with Gasteiger partial charge in [-0.3, -0.25) is 4.79 Å². The van der Waals surface area contributed by atoms with Gasteiger partial charge in [0.15, 0.2) is 0 Å². The van der Waals surface area contributed by atoms with E-state index in [-0.39, 0.29) is 10.8 Å². The first kappa shape index (κ1) is 20.3. The van der Waals surface area contributed by atoms with Crippen molar-refractivity contribution in [1.82, 2.24) is 14.1 Å². The number of hydrogen-bond acceptors (Lipinski definition) is 4. The normalized spacial score (nSPS) is 17.6. The maximum atomic E-state index is 12.8. The molecule has 1 unspecified atom stereocenters. The standard InChI is InChI=1S/C22H24N4O3S/c1-17-4-2-14-25(16-17)30(28,29)21-11-7-19(8-12-21)24-22(27)18-5-9-20(10-6-18)26-15-3-13-23-26/h3,5-13,15,17H,2,4,14,16H2,1H3,(H,24,27). The van der Waals surface area contributed by atoms with Crippen LogP contribution in [0.2, 0.25) is 0 Å². The highest BCUT2D eigenvalue weighted by molar-refractivity contribution is 7.89. The predicted molar refractivity (Wildman–Crippen MR) is 115 cm³/mol. The van der Waals surface area contributed by atoms with Crippen LogP contribution in [-0.2, 0) is 10.0 Å². The number of sulfonamides is 1. The first-order valence-electron chi connectivity index (χ1n) is 9.95. The van der Waals surface area contributed by atoms with Gasteiger partial charge in [0.05, 0.1) is 10.6 Å². The maximum Gasteiger partial charge on any atom is 0.255 e. The Bertz CT molecular complexity index is 1110. The van der Waals surface area contributed by atoms with Crippen LogP contribution in [0, 0.1) is 5.92 Å². The highest BCUT2D eigenvalue weighted by Gasteiger charge is 2.28. The summed E-state index contributed by atoms with van der Waals surface area (Å²) < 4.78 is 29.0. The number of aromatic nitrogens is 2. The van der Waals surface area contributed by atoms with Gasteiger partial charge in [0, 0.05) is 36.7 Å². The fourth-order valence-electron chi connectivity index (χ4n) is 3.61. The van der Waals surface area contributed by atoms with E-state index in [9.17, 15) is 13.2 Å². The number of hydrogen-bond donors (Lipinski definition) is 1. The number of anilines is 1. The summed E-state index contributed by atoms with van der Waals surface area (Å²) in [6, 6.07) is 15.2. The van der Waals surface area contributed by atoms with Crippen molar-refractivity contribution in [3.05, 3.63) is 72.6 Å². The van der Waals surface area contributed by atoms with Crippen LogP contribution in [0.5, 0.6) is 0 Å². The minimum Gasteiger partial charge on any atom is -0.322 e. The molecule has 0 saturated carbocycles. The second-order valence-electron chi connectivity index (χ2n) is 7.59. The van der Waals surface area contributed by atoms with E-state index in [1.807, 2.05) is 24.4 Å². The Morgan fingerprint density at radius 2 is 1.83 bits per heavy atom. The van der Waals surface area contributed by atoms with E-state index in [4.69, 9.17) is 0 Å². The van der Waals surface area contributed by atoms with Crippen molar-refractivity contribution in [2.24, 2.45) is 5.92 Å². The third-order valence-corrected chi connectivity index (χ3v) is 7.15. The smallest absolute Gasteiger partial charge is 0.255 e. The molecular formula is C22H24N4O3S. The van der Waals surface area contributed by atoms with Crippen molar-refractivity contribution < 1.29 is 13.2 Å². The molecule has 0 bridgehead atoms. The zero-order valence-corrected chi connectivity index (χ0v) is 17.5. The average Bonchev–Trinajstić information content (AvgIpc) is 3.29. The molecule has 1 aliphatic rings. The summed E-state index contributed by atoms with van der Waals surface area (Å²) in [6.45, 7) is 3.18. The minimum atomic E-state index is -3.51. The molecule has 4 rings (SSSR count). The fourth-order valence-corrected chi connectivity index (χ4v) is 5.21. The van der Waals surface area contributed by atoms with Crippen LogP contribution >= 0.6 is 0 Å². The first-order chi connectivity index (χ1) is 14.4. The van der Waals surface area contributed by atoms with Gasteiger partial charge in [0.1, 0.15) is 0 Å². The van der Waals surface area contributed by atoms with Crippen LogP contribution in [0.15, 0.2) is 71.9 Å². The highest BCUT2D eigenvalue weighted by Crippen LogP contribution is 2.24. The van der Waals surface area contributed by atoms with Crippen LogP contribution in [0.25, 0.3) is 5.69 Å². The molecule has 1 atom stereocenters. The van der Waals surface area contributed by atoms with Gasteiger partial charge in [-0.15, -0.1) is 0 Å². The van der Waals surface area contributed by atoms with Crippen LogP contribution in [0.4, 0.5) is 5.69 Å². The summed E-state index contributed by atoms with van der Waals surface area (Å²) in [4.78, 5) is 12.8. The van der Waals surface area contributed by atoms with E-state index in [0.717, 1.165) is 18.5 Å². The number of carbonyl (C=O) groups excluding carboxylic acids is 1. The Balaban J connectivity index is 1.43. The predicted octanol–water partition coefficient (Wildman–Crippen LogP) is 3.55.